The van der Waals surface area contributed by atoms with E-state index in [0.717, 1.165) is 46.9 Å². The first-order valence-corrected chi connectivity index (χ1v) is 17.2. The number of hydrogen-bond donors (Lipinski definition) is 1. The van der Waals surface area contributed by atoms with Gasteiger partial charge in [0.1, 0.15) is 0 Å². The minimum absolute atomic E-state index is 0.943. The molecule has 5 heteroatoms. The monoisotopic (exact) mass is 584 g/mol. The van der Waals surface area contributed by atoms with Crippen molar-refractivity contribution in [1.82, 2.24) is 15.2 Å². The first-order valence-electron chi connectivity index (χ1n) is 15.2. The average molecular weight is 585 g/mol. The van der Waals surface area contributed by atoms with Gasteiger partial charge in [-0.2, -0.15) is 5.10 Å². The molecule has 0 saturated carbocycles. The summed E-state index contributed by atoms with van der Waals surface area (Å²) in [5.41, 5.74) is 9.15. The van der Waals surface area contributed by atoms with E-state index >= 15 is 0 Å². The van der Waals surface area contributed by atoms with Crippen LogP contribution in [0.15, 0.2) is 151 Å². The number of anilines is 3. The first-order chi connectivity index (χ1) is 21.7. The summed E-state index contributed by atoms with van der Waals surface area (Å²) in [6.07, 6.45) is 9.05. The van der Waals surface area contributed by atoms with Gasteiger partial charge in [-0.15, -0.1) is 0 Å². The van der Waals surface area contributed by atoms with Crippen LogP contribution in [0.4, 0.5) is 17.1 Å². The molecule has 0 radical (unpaired) electrons. The lowest BCUT2D eigenvalue weighted by atomic mass is 10.00. The zero-order valence-electron chi connectivity index (χ0n) is 24.6. The molecule has 0 bridgehead atoms. The Hall–Kier alpha value is -5.26. The molecule has 1 aliphatic heterocycles. The van der Waals surface area contributed by atoms with Crippen LogP contribution in [-0.4, -0.2) is 23.3 Å². The van der Waals surface area contributed by atoms with Crippen molar-refractivity contribution in [3.63, 3.8) is 0 Å². The molecular weight excluding hydrogens is 553 g/mol. The van der Waals surface area contributed by atoms with Gasteiger partial charge in [-0.3, -0.25) is 10.1 Å². The van der Waals surface area contributed by atoms with E-state index in [-0.39, 0.29) is 0 Å². The topological polar surface area (TPSA) is 44.8 Å². The SMILES string of the molecule is Cc1cc(-c2cccc(N(c3ccccc3)c3cccc([Si@]4(c5ccccn5)C5=CCCC=C5c5ccccc54)c3)c2)n[nH]1. The van der Waals surface area contributed by atoms with E-state index < -0.39 is 8.07 Å². The number of pyridine rings is 1. The smallest absolute Gasteiger partial charge is 0.202 e. The standard InChI is InChI=1S/C39H32N4Si/c1-28-25-36(42-41-28)29-13-11-16-31(26-29)43(30-14-3-2-4-15-30)32-17-12-18-33(27-32)44(39-23-9-10-24-40-39)37-21-7-5-19-34(37)35-20-6-8-22-38(35)44/h2-5,7,9-27H,6,8H2,1H3,(H,41,42)/t44-/m1/s1. The maximum absolute atomic E-state index is 5.11. The number of para-hydroxylation sites is 1. The second-order valence-corrected chi connectivity index (χ2v) is 15.2. The zero-order valence-corrected chi connectivity index (χ0v) is 25.6. The summed E-state index contributed by atoms with van der Waals surface area (Å²) < 4.78 is 0. The van der Waals surface area contributed by atoms with Crippen LogP contribution in [0.5, 0.6) is 0 Å². The van der Waals surface area contributed by atoms with Crippen LogP contribution in [0.25, 0.3) is 16.8 Å². The Kier molecular flexibility index (Phi) is 6.46. The summed E-state index contributed by atoms with van der Waals surface area (Å²) >= 11 is 0. The largest absolute Gasteiger partial charge is 0.310 e. The van der Waals surface area contributed by atoms with E-state index in [2.05, 4.69) is 149 Å². The molecule has 6 aromatic rings. The van der Waals surface area contributed by atoms with Gasteiger partial charge < -0.3 is 4.90 Å². The Morgan fingerprint density at radius 2 is 1.43 bits per heavy atom. The molecule has 1 N–H and O–H groups in total. The van der Waals surface area contributed by atoms with Crippen molar-refractivity contribution in [3.8, 4) is 11.3 Å². The van der Waals surface area contributed by atoms with Crippen molar-refractivity contribution in [1.29, 1.82) is 0 Å². The highest BCUT2D eigenvalue weighted by atomic mass is 28.3. The van der Waals surface area contributed by atoms with Crippen LogP contribution in [0, 0.1) is 6.92 Å². The van der Waals surface area contributed by atoms with Crippen LogP contribution in [0.1, 0.15) is 24.1 Å². The zero-order chi connectivity index (χ0) is 29.5. The van der Waals surface area contributed by atoms with E-state index in [1.165, 1.54) is 32.0 Å². The predicted octanol–water partition coefficient (Wildman–Crippen LogP) is 7.38. The number of aryl methyl sites for hydroxylation is 1. The molecule has 3 heterocycles. The summed E-state index contributed by atoms with van der Waals surface area (Å²) in [5.74, 6) is 0. The fourth-order valence-electron chi connectivity index (χ4n) is 7.07. The highest BCUT2D eigenvalue weighted by molar-refractivity contribution is 7.18. The summed E-state index contributed by atoms with van der Waals surface area (Å²) in [6, 6.07) is 46.1. The molecule has 0 amide bonds. The Labute approximate surface area is 259 Å². The fourth-order valence-corrected chi connectivity index (χ4v) is 12.2. The van der Waals surface area contributed by atoms with Gasteiger partial charge in [0, 0.05) is 39.8 Å². The predicted molar refractivity (Wildman–Crippen MR) is 184 cm³/mol. The lowest BCUT2D eigenvalue weighted by Crippen LogP contribution is -2.67. The summed E-state index contributed by atoms with van der Waals surface area (Å²) in [5, 5.41) is 13.1. The van der Waals surface area contributed by atoms with Crippen molar-refractivity contribution >= 4 is 46.4 Å². The van der Waals surface area contributed by atoms with Crippen molar-refractivity contribution in [2.45, 2.75) is 19.8 Å². The molecule has 44 heavy (non-hydrogen) atoms. The van der Waals surface area contributed by atoms with E-state index in [4.69, 9.17) is 4.98 Å². The maximum Gasteiger partial charge on any atom is 0.202 e. The average Bonchev–Trinajstić information content (AvgIpc) is 3.66. The number of fused-ring (bicyclic) bond motifs is 3. The van der Waals surface area contributed by atoms with Crippen molar-refractivity contribution in [2.75, 3.05) is 4.90 Å². The minimum atomic E-state index is -2.67. The van der Waals surface area contributed by atoms with Crippen LogP contribution in [0.2, 0.25) is 0 Å². The maximum atomic E-state index is 5.11. The second kappa shape index (κ2) is 10.8. The molecule has 0 saturated heterocycles. The van der Waals surface area contributed by atoms with Crippen molar-refractivity contribution in [2.24, 2.45) is 0 Å². The molecule has 4 nitrogen and oxygen atoms in total. The highest BCUT2D eigenvalue weighted by Crippen LogP contribution is 2.41. The van der Waals surface area contributed by atoms with Crippen LogP contribution in [0.3, 0.4) is 0 Å². The van der Waals surface area contributed by atoms with Crippen molar-refractivity contribution < 1.29 is 0 Å². The molecule has 0 unspecified atom stereocenters. The van der Waals surface area contributed by atoms with Crippen LogP contribution in [-0.2, 0) is 0 Å². The van der Waals surface area contributed by atoms with Gasteiger partial charge in [0.05, 0.1) is 5.69 Å². The normalized spacial score (nSPS) is 16.9. The van der Waals surface area contributed by atoms with Gasteiger partial charge in [-0.05, 0) is 101 Å². The molecule has 2 aliphatic rings. The third-order valence-corrected chi connectivity index (χ3v) is 13.7. The second-order valence-electron chi connectivity index (χ2n) is 11.5. The molecule has 0 spiro atoms. The molecule has 8 rings (SSSR count). The molecule has 1 aliphatic carbocycles. The summed E-state index contributed by atoms with van der Waals surface area (Å²) in [7, 11) is -2.67. The van der Waals surface area contributed by atoms with Crippen LogP contribution < -0.4 is 20.6 Å². The number of nitrogens with one attached hydrogen (secondary N) is 1. The van der Waals surface area contributed by atoms with Crippen LogP contribution >= 0.6 is 0 Å². The van der Waals surface area contributed by atoms with Gasteiger partial charge >= 0.3 is 0 Å². The van der Waals surface area contributed by atoms with Gasteiger partial charge in [0.25, 0.3) is 0 Å². The number of allylic oxidation sites excluding steroid dienone is 4. The quantitative estimate of drug-likeness (QED) is 0.208. The lowest BCUT2D eigenvalue weighted by Gasteiger charge is -2.33. The number of hydrogen-bond acceptors (Lipinski definition) is 3. The van der Waals surface area contributed by atoms with E-state index in [1.54, 1.807) is 0 Å². The summed E-state index contributed by atoms with van der Waals surface area (Å²) in [4.78, 5) is 7.47. The molecule has 0 fully saturated rings. The number of benzene rings is 4. The number of H-pyrrole nitrogens is 1. The third kappa shape index (κ3) is 4.20. The molecule has 4 aromatic carbocycles. The number of rotatable bonds is 6. The summed E-state index contributed by atoms with van der Waals surface area (Å²) in [6.45, 7) is 2.03. The lowest BCUT2D eigenvalue weighted by molar-refractivity contribution is 1.04. The van der Waals surface area contributed by atoms with E-state index in [0.29, 0.717) is 0 Å². The first kappa shape index (κ1) is 26.4. The Morgan fingerprint density at radius 3 is 2.25 bits per heavy atom. The van der Waals surface area contributed by atoms with Gasteiger partial charge in [-0.25, -0.2) is 0 Å². The minimum Gasteiger partial charge on any atom is -0.310 e. The van der Waals surface area contributed by atoms with Gasteiger partial charge in [0.15, 0.2) is 0 Å². The molecular formula is C39H32N4Si. The highest BCUT2D eigenvalue weighted by Gasteiger charge is 2.52. The van der Waals surface area contributed by atoms with Gasteiger partial charge in [0.2, 0.25) is 8.07 Å². The molecule has 1 atom stereocenters. The molecule has 2 aromatic heterocycles. The Morgan fingerprint density at radius 1 is 0.682 bits per heavy atom. The van der Waals surface area contributed by atoms with E-state index in [9.17, 15) is 0 Å². The number of aromatic nitrogens is 3. The third-order valence-electron chi connectivity index (χ3n) is 8.89. The van der Waals surface area contributed by atoms with Gasteiger partial charge in [-0.1, -0.05) is 84.9 Å². The molecule has 212 valence electrons. The Bertz CT molecular complexity index is 2040. The number of aromatic amines is 1. The van der Waals surface area contributed by atoms with Crippen molar-refractivity contribution in [3.05, 3.63) is 162 Å². The Balaban J connectivity index is 1.36. The fraction of sp³-hybridized carbons (Fsp3) is 0.0769. The van der Waals surface area contributed by atoms with E-state index in [1.807, 2.05) is 19.2 Å². The number of nitrogens with zero attached hydrogens (tertiary/aromatic N) is 3.